The SMILES string of the molecule is CCCNC(CCN1[C@H](C)CCC[C@@H]1C)C(=O)O. The summed E-state index contributed by atoms with van der Waals surface area (Å²) in [5, 5.41) is 12.3. The number of rotatable bonds is 7. The van der Waals surface area contributed by atoms with Gasteiger partial charge >= 0.3 is 5.97 Å². The summed E-state index contributed by atoms with van der Waals surface area (Å²) in [5.41, 5.74) is 0. The monoisotopic (exact) mass is 256 g/mol. The van der Waals surface area contributed by atoms with Crippen LogP contribution in [0.4, 0.5) is 0 Å². The molecule has 1 aliphatic rings. The van der Waals surface area contributed by atoms with E-state index in [1.807, 2.05) is 0 Å². The molecule has 1 heterocycles. The highest BCUT2D eigenvalue weighted by Crippen LogP contribution is 2.22. The number of nitrogens with one attached hydrogen (secondary N) is 1. The van der Waals surface area contributed by atoms with Crippen molar-refractivity contribution in [3.05, 3.63) is 0 Å². The fourth-order valence-electron chi connectivity index (χ4n) is 2.83. The second kappa shape index (κ2) is 7.74. The highest BCUT2D eigenvalue weighted by molar-refractivity contribution is 5.73. The molecule has 0 bridgehead atoms. The quantitative estimate of drug-likeness (QED) is 0.732. The van der Waals surface area contributed by atoms with Gasteiger partial charge in [-0.15, -0.1) is 0 Å². The Morgan fingerprint density at radius 2 is 2.00 bits per heavy atom. The van der Waals surface area contributed by atoms with Crippen LogP contribution in [0, 0.1) is 0 Å². The van der Waals surface area contributed by atoms with Crippen LogP contribution in [0.25, 0.3) is 0 Å². The Hall–Kier alpha value is -0.610. The van der Waals surface area contributed by atoms with Gasteiger partial charge in [0.2, 0.25) is 0 Å². The number of carboxylic acid groups (broad SMARTS) is 1. The summed E-state index contributed by atoms with van der Waals surface area (Å²) >= 11 is 0. The van der Waals surface area contributed by atoms with Crippen molar-refractivity contribution < 1.29 is 9.90 Å². The number of piperidine rings is 1. The molecule has 0 aromatic rings. The van der Waals surface area contributed by atoms with E-state index in [-0.39, 0.29) is 0 Å². The number of carboxylic acids is 1. The smallest absolute Gasteiger partial charge is 0.320 e. The molecule has 1 fully saturated rings. The minimum atomic E-state index is -0.722. The predicted molar refractivity (Wildman–Crippen MR) is 73.8 cm³/mol. The third-order valence-corrected chi connectivity index (χ3v) is 3.99. The van der Waals surface area contributed by atoms with Crippen LogP contribution in [0.15, 0.2) is 0 Å². The van der Waals surface area contributed by atoms with E-state index in [0.29, 0.717) is 18.5 Å². The van der Waals surface area contributed by atoms with Gasteiger partial charge in [-0.25, -0.2) is 0 Å². The predicted octanol–water partition coefficient (Wildman–Crippen LogP) is 2.09. The molecule has 1 rings (SSSR count). The number of hydrogen-bond acceptors (Lipinski definition) is 3. The van der Waals surface area contributed by atoms with E-state index in [2.05, 4.69) is 31.0 Å². The minimum Gasteiger partial charge on any atom is -0.480 e. The summed E-state index contributed by atoms with van der Waals surface area (Å²) in [6, 6.07) is 0.787. The number of carbonyl (C=O) groups is 1. The average molecular weight is 256 g/mol. The van der Waals surface area contributed by atoms with E-state index >= 15 is 0 Å². The lowest BCUT2D eigenvalue weighted by molar-refractivity contribution is -0.139. The maximum atomic E-state index is 11.2. The molecule has 0 spiro atoms. The van der Waals surface area contributed by atoms with E-state index in [9.17, 15) is 9.90 Å². The van der Waals surface area contributed by atoms with Crippen molar-refractivity contribution >= 4 is 5.97 Å². The first-order chi connectivity index (χ1) is 8.56. The van der Waals surface area contributed by atoms with Crippen LogP contribution in [0.3, 0.4) is 0 Å². The third kappa shape index (κ3) is 4.58. The Bertz CT molecular complexity index is 248. The van der Waals surface area contributed by atoms with Crippen LogP contribution in [-0.4, -0.2) is 47.2 Å². The largest absolute Gasteiger partial charge is 0.480 e. The highest BCUT2D eigenvalue weighted by atomic mass is 16.4. The molecule has 106 valence electrons. The molecular formula is C14H28N2O2. The Morgan fingerprint density at radius 1 is 1.39 bits per heavy atom. The lowest BCUT2D eigenvalue weighted by atomic mass is 9.97. The molecule has 4 heteroatoms. The third-order valence-electron chi connectivity index (χ3n) is 3.99. The average Bonchev–Trinajstić information content (AvgIpc) is 2.31. The summed E-state index contributed by atoms with van der Waals surface area (Å²) in [6.45, 7) is 8.23. The van der Waals surface area contributed by atoms with Gasteiger partial charge in [-0.1, -0.05) is 13.3 Å². The van der Waals surface area contributed by atoms with Crippen LogP contribution in [0.2, 0.25) is 0 Å². The first-order valence-electron chi connectivity index (χ1n) is 7.28. The Balaban J connectivity index is 2.42. The molecule has 1 unspecified atom stereocenters. The zero-order valence-electron chi connectivity index (χ0n) is 12.0. The van der Waals surface area contributed by atoms with E-state index < -0.39 is 12.0 Å². The van der Waals surface area contributed by atoms with Crippen molar-refractivity contribution in [2.75, 3.05) is 13.1 Å². The molecule has 0 radical (unpaired) electrons. The lowest BCUT2D eigenvalue weighted by Crippen LogP contribution is -2.47. The van der Waals surface area contributed by atoms with Crippen LogP contribution < -0.4 is 5.32 Å². The van der Waals surface area contributed by atoms with Crippen molar-refractivity contribution in [2.24, 2.45) is 0 Å². The minimum absolute atomic E-state index is 0.397. The zero-order valence-corrected chi connectivity index (χ0v) is 12.0. The zero-order chi connectivity index (χ0) is 13.5. The number of aliphatic carboxylic acids is 1. The highest BCUT2D eigenvalue weighted by Gasteiger charge is 2.26. The summed E-state index contributed by atoms with van der Waals surface area (Å²) in [7, 11) is 0. The fourth-order valence-corrected chi connectivity index (χ4v) is 2.83. The van der Waals surface area contributed by atoms with Crippen LogP contribution >= 0.6 is 0 Å². The Morgan fingerprint density at radius 3 is 2.50 bits per heavy atom. The summed E-state index contributed by atoms with van der Waals surface area (Å²) in [5.74, 6) is -0.722. The van der Waals surface area contributed by atoms with E-state index in [1.165, 1.54) is 19.3 Å². The molecule has 0 aliphatic carbocycles. The first kappa shape index (κ1) is 15.4. The van der Waals surface area contributed by atoms with E-state index in [0.717, 1.165) is 19.5 Å². The molecule has 0 aromatic heterocycles. The maximum Gasteiger partial charge on any atom is 0.320 e. The summed E-state index contributed by atoms with van der Waals surface area (Å²) < 4.78 is 0. The number of nitrogens with zero attached hydrogens (tertiary/aromatic N) is 1. The normalized spacial score (nSPS) is 27.1. The Labute approximate surface area is 111 Å². The van der Waals surface area contributed by atoms with E-state index in [4.69, 9.17) is 0 Å². The van der Waals surface area contributed by atoms with Crippen molar-refractivity contribution in [3.63, 3.8) is 0 Å². The molecule has 4 nitrogen and oxygen atoms in total. The maximum absolute atomic E-state index is 11.2. The topological polar surface area (TPSA) is 52.6 Å². The molecule has 3 atom stereocenters. The van der Waals surface area contributed by atoms with Gasteiger partial charge in [0.1, 0.15) is 6.04 Å². The van der Waals surface area contributed by atoms with Gasteiger partial charge in [-0.05, 0) is 46.1 Å². The molecule has 2 N–H and O–H groups in total. The molecule has 0 amide bonds. The van der Waals surface area contributed by atoms with Gasteiger partial charge in [0, 0.05) is 18.6 Å². The van der Waals surface area contributed by atoms with Crippen LogP contribution in [0.5, 0.6) is 0 Å². The number of hydrogen-bond donors (Lipinski definition) is 2. The molecule has 0 saturated carbocycles. The van der Waals surface area contributed by atoms with Gasteiger partial charge in [0.15, 0.2) is 0 Å². The van der Waals surface area contributed by atoms with Crippen LogP contribution in [-0.2, 0) is 4.79 Å². The van der Waals surface area contributed by atoms with Crippen molar-refractivity contribution in [3.8, 4) is 0 Å². The molecule has 0 aromatic carbocycles. The van der Waals surface area contributed by atoms with Gasteiger partial charge in [0.05, 0.1) is 0 Å². The molecule has 1 aliphatic heterocycles. The summed E-state index contributed by atoms with van der Waals surface area (Å²) in [4.78, 5) is 13.6. The lowest BCUT2D eigenvalue weighted by Gasteiger charge is -2.39. The molecule has 1 saturated heterocycles. The second-order valence-electron chi connectivity index (χ2n) is 5.50. The standard InChI is InChI=1S/C14H28N2O2/c1-4-9-15-13(14(17)18)8-10-16-11(2)6-5-7-12(16)3/h11-13,15H,4-10H2,1-3H3,(H,17,18)/t11-,12+,13?. The van der Waals surface area contributed by atoms with Crippen LogP contribution in [0.1, 0.15) is 52.9 Å². The van der Waals surface area contributed by atoms with E-state index in [1.54, 1.807) is 0 Å². The Kier molecular flexibility index (Phi) is 6.65. The summed E-state index contributed by atoms with van der Waals surface area (Å²) in [6.07, 6.45) is 5.45. The second-order valence-corrected chi connectivity index (χ2v) is 5.50. The fraction of sp³-hybridized carbons (Fsp3) is 0.929. The van der Waals surface area contributed by atoms with Crippen molar-refractivity contribution in [1.29, 1.82) is 0 Å². The van der Waals surface area contributed by atoms with Gasteiger partial charge in [0.25, 0.3) is 0 Å². The molecule has 18 heavy (non-hydrogen) atoms. The van der Waals surface area contributed by atoms with Gasteiger partial charge in [-0.2, -0.15) is 0 Å². The first-order valence-corrected chi connectivity index (χ1v) is 7.28. The van der Waals surface area contributed by atoms with Crippen molar-refractivity contribution in [2.45, 2.75) is 71.0 Å². The van der Waals surface area contributed by atoms with Crippen molar-refractivity contribution in [1.82, 2.24) is 10.2 Å². The van der Waals surface area contributed by atoms with Gasteiger partial charge < -0.3 is 10.4 Å². The molecular weight excluding hydrogens is 228 g/mol. The van der Waals surface area contributed by atoms with Gasteiger partial charge in [-0.3, -0.25) is 9.69 Å². The number of likely N-dealkylation sites (tertiary alicyclic amines) is 1.